The summed E-state index contributed by atoms with van der Waals surface area (Å²) in [7, 11) is 0. The van der Waals surface area contributed by atoms with Crippen molar-refractivity contribution in [2.75, 3.05) is 5.32 Å². The van der Waals surface area contributed by atoms with Crippen LogP contribution >= 0.6 is 0 Å². The number of ether oxygens (including phenoxy) is 1. The average Bonchev–Trinajstić information content (AvgIpc) is 3.00. The van der Waals surface area contributed by atoms with Gasteiger partial charge in [0.1, 0.15) is 12.4 Å². The zero-order valence-corrected chi connectivity index (χ0v) is 23.9. The number of aromatic carboxylic acids is 1. The van der Waals surface area contributed by atoms with Gasteiger partial charge in [0.05, 0.1) is 17.2 Å². The molecule has 0 radical (unpaired) electrons. The van der Waals surface area contributed by atoms with Gasteiger partial charge < -0.3 is 15.2 Å². The number of para-hydroxylation sites is 2. The topological polar surface area (TPSA) is 75.6 Å². The number of hydrogen-bond donors (Lipinski definition) is 2. The maximum Gasteiger partial charge on any atom is 0.335 e. The van der Waals surface area contributed by atoms with Gasteiger partial charge in [0.25, 0.3) is 0 Å². The fourth-order valence-electron chi connectivity index (χ4n) is 5.33. The number of benzene rings is 5. The second-order valence-electron chi connectivity index (χ2n) is 11.0. The minimum absolute atomic E-state index is 0.0536. The number of carboxylic acids is 1. The summed E-state index contributed by atoms with van der Waals surface area (Å²) < 4.78 is 6.18. The molecule has 5 heteroatoms. The predicted molar refractivity (Wildman–Crippen MR) is 168 cm³/mol. The van der Waals surface area contributed by atoms with E-state index < -0.39 is 5.97 Å². The first kappa shape index (κ1) is 28.6. The van der Waals surface area contributed by atoms with Gasteiger partial charge in [-0.15, -0.1) is 0 Å². The zero-order valence-electron chi connectivity index (χ0n) is 23.9. The summed E-state index contributed by atoms with van der Waals surface area (Å²) in [5.74, 6) is -0.336. The van der Waals surface area contributed by atoms with E-state index in [1.165, 1.54) is 0 Å². The Labute approximate surface area is 246 Å². The summed E-state index contributed by atoms with van der Waals surface area (Å²) in [6.07, 6.45) is 1.26. The third kappa shape index (κ3) is 6.87. The van der Waals surface area contributed by atoms with Crippen molar-refractivity contribution < 1.29 is 19.4 Å². The Kier molecular flexibility index (Phi) is 8.98. The lowest BCUT2D eigenvalue weighted by Gasteiger charge is -2.22. The molecule has 1 amide bonds. The molecule has 0 bridgehead atoms. The Bertz CT molecular complexity index is 1690. The van der Waals surface area contributed by atoms with Gasteiger partial charge in [-0.2, -0.15) is 0 Å². The van der Waals surface area contributed by atoms with Crippen LogP contribution in [-0.2, 0) is 17.8 Å². The van der Waals surface area contributed by atoms with Gasteiger partial charge in [0, 0.05) is 0 Å². The van der Waals surface area contributed by atoms with Crippen molar-refractivity contribution in [2.24, 2.45) is 5.92 Å². The van der Waals surface area contributed by atoms with E-state index in [2.05, 4.69) is 43.4 Å². The van der Waals surface area contributed by atoms with Crippen molar-refractivity contribution in [2.45, 2.75) is 39.2 Å². The fourth-order valence-corrected chi connectivity index (χ4v) is 5.33. The Morgan fingerprint density at radius 1 is 0.762 bits per heavy atom. The molecule has 5 aromatic carbocycles. The normalized spacial score (nSPS) is 11.8. The average molecular weight is 558 g/mol. The highest BCUT2D eigenvalue weighted by atomic mass is 16.5. The third-order valence-electron chi connectivity index (χ3n) is 7.43. The number of carboxylic acid groups (broad SMARTS) is 1. The molecule has 0 aliphatic rings. The van der Waals surface area contributed by atoms with E-state index >= 15 is 0 Å². The van der Waals surface area contributed by atoms with Crippen LogP contribution in [0.2, 0.25) is 0 Å². The Hall–Kier alpha value is -4.90. The molecule has 0 saturated carbocycles. The number of anilines is 1. The van der Waals surface area contributed by atoms with E-state index in [1.54, 1.807) is 12.1 Å². The van der Waals surface area contributed by atoms with Gasteiger partial charge in [0.15, 0.2) is 0 Å². The SMILES string of the molecule is CC(C)CC(C(=O)Nc1ccccc1OCc1ccc(Cc2ccccc2C(=O)O)cc1)c1cccc2ccccc12. The van der Waals surface area contributed by atoms with Crippen molar-refractivity contribution in [3.8, 4) is 5.75 Å². The monoisotopic (exact) mass is 557 g/mol. The number of nitrogens with one attached hydrogen (secondary N) is 1. The number of rotatable bonds is 11. The second kappa shape index (κ2) is 13.2. The second-order valence-corrected chi connectivity index (χ2v) is 11.0. The first-order valence-electron chi connectivity index (χ1n) is 14.3. The summed E-state index contributed by atoms with van der Waals surface area (Å²) in [6.45, 7) is 4.61. The Morgan fingerprint density at radius 3 is 2.21 bits per heavy atom. The van der Waals surface area contributed by atoms with Gasteiger partial charge in [-0.05, 0) is 70.0 Å². The summed E-state index contributed by atoms with van der Waals surface area (Å²) in [6, 6.07) is 36.9. The molecule has 0 saturated heterocycles. The number of carbonyl (C=O) groups is 2. The number of fused-ring (bicyclic) bond motifs is 1. The van der Waals surface area contributed by atoms with Crippen LogP contribution in [0.15, 0.2) is 115 Å². The highest BCUT2D eigenvalue weighted by molar-refractivity contribution is 6.00. The standard InChI is InChI=1S/C37H35NO4/c1-25(2)22-33(32-15-9-12-28-10-3-5-13-30(28)32)36(39)38-34-16-7-8-17-35(34)42-24-27-20-18-26(19-21-27)23-29-11-4-6-14-31(29)37(40)41/h3-21,25,33H,22-24H2,1-2H3,(H,38,39)(H,40,41). The lowest BCUT2D eigenvalue weighted by Crippen LogP contribution is -2.23. The van der Waals surface area contributed by atoms with Crippen molar-refractivity contribution in [1.29, 1.82) is 0 Å². The van der Waals surface area contributed by atoms with E-state index in [0.29, 0.717) is 35.9 Å². The molecule has 1 atom stereocenters. The van der Waals surface area contributed by atoms with Crippen LogP contribution in [0.5, 0.6) is 5.75 Å². The van der Waals surface area contributed by atoms with Gasteiger partial charge >= 0.3 is 5.97 Å². The minimum atomic E-state index is -0.922. The van der Waals surface area contributed by atoms with E-state index in [9.17, 15) is 14.7 Å². The lowest BCUT2D eigenvalue weighted by molar-refractivity contribution is -0.117. The molecule has 0 fully saturated rings. The van der Waals surface area contributed by atoms with Crippen LogP contribution in [0, 0.1) is 5.92 Å². The summed E-state index contributed by atoms with van der Waals surface area (Å²) in [5, 5.41) is 14.8. The van der Waals surface area contributed by atoms with Gasteiger partial charge in [-0.3, -0.25) is 4.79 Å². The molecule has 0 spiro atoms. The van der Waals surface area contributed by atoms with Crippen LogP contribution in [0.1, 0.15) is 58.8 Å². The molecule has 0 aliphatic carbocycles. The number of amides is 1. The summed E-state index contributed by atoms with van der Waals surface area (Å²) >= 11 is 0. The van der Waals surface area contributed by atoms with E-state index in [0.717, 1.165) is 39.4 Å². The predicted octanol–water partition coefficient (Wildman–Crippen LogP) is 8.48. The molecule has 42 heavy (non-hydrogen) atoms. The summed E-state index contributed by atoms with van der Waals surface area (Å²) in [5.41, 5.74) is 4.75. The molecule has 5 rings (SSSR count). The van der Waals surface area contributed by atoms with Crippen molar-refractivity contribution in [3.05, 3.63) is 143 Å². The van der Waals surface area contributed by atoms with Crippen LogP contribution in [-0.4, -0.2) is 17.0 Å². The van der Waals surface area contributed by atoms with Crippen molar-refractivity contribution in [3.63, 3.8) is 0 Å². The van der Waals surface area contributed by atoms with Gasteiger partial charge in [-0.25, -0.2) is 4.79 Å². The first-order chi connectivity index (χ1) is 20.4. The molecule has 0 aliphatic heterocycles. The fraction of sp³-hybridized carbons (Fsp3) is 0.189. The molecule has 212 valence electrons. The molecule has 2 N–H and O–H groups in total. The van der Waals surface area contributed by atoms with Crippen molar-refractivity contribution >= 4 is 28.3 Å². The van der Waals surface area contributed by atoms with Crippen LogP contribution in [0.3, 0.4) is 0 Å². The molecule has 0 heterocycles. The maximum atomic E-state index is 13.8. The maximum absolute atomic E-state index is 13.8. The smallest absolute Gasteiger partial charge is 0.335 e. The van der Waals surface area contributed by atoms with Gasteiger partial charge in [-0.1, -0.05) is 111 Å². The first-order valence-corrected chi connectivity index (χ1v) is 14.3. The van der Waals surface area contributed by atoms with Gasteiger partial charge in [0.2, 0.25) is 5.91 Å². The Morgan fingerprint density at radius 2 is 1.43 bits per heavy atom. The molecule has 5 aromatic rings. The van der Waals surface area contributed by atoms with E-state index in [4.69, 9.17) is 4.74 Å². The molecule has 0 aromatic heterocycles. The van der Waals surface area contributed by atoms with Crippen LogP contribution in [0.25, 0.3) is 10.8 Å². The Balaban J connectivity index is 1.29. The number of hydrogen-bond acceptors (Lipinski definition) is 3. The third-order valence-corrected chi connectivity index (χ3v) is 7.43. The zero-order chi connectivity index (χ0) is 29.5. The highest BCUT2D eigenvalue weighted by Gasteiger charge is 2.24. The minimum Gasteiger partial charge on any atom is -0.487 e. The van der Waals surface area contributed by atoms with Crippen molar-refractivity contribution in [1.82, 2.24) is 0 Å². The quantitative estimate of drug-likeness (QED) is 0.171. The van der Waals surface area contributed by atoms with E-state index in [1.807, 2.05) is 78.9 Å². The highest BCUT2D eigenvalue weighted by Crippen LogP contribution is 2.33. The lowest BCUT2D eigenvalue weighted by atomic mass is 9.86. The molecular weight excluding hydrogens is 522 g/mol. The largest absolute Gasteiger partial charge is 0.487 e. The molecule has 1 unspecified atom stereocenters. The van der Waals surface area contributed by atoms with Crippen LogP contribution in [0.4, 0.5) is 5.69 Å². The molecule has 5 nitrogen and oxygen atoms in total. The van der Waals surface area contributed by atoms with E-state index in [-0.39, 0.29) is 11.8 Å². The summed E-state index contributed by atoms with van der Waals surface area (Å²) in [4.78, 5) is 25.3. The van der Waals surface area contributed by atoms with Crippen LogP contribution < -0.4 is 10.1 Å². The number of carbonyl (C=O) groups excluding carboxylic acids is 1. The molecular formula is C37H35NO4.